The van der Waals surface area contributed by atoms with Gasteiger partial charge in [0, 0.05) is 26.2 Å². The topological polar surface area (TPSA) is 97.6 Å². The second kappa shape index (κ2) is 5.44. The van der Waals surface area contributed by atoms with Gasteiger partial charge in [0.1, 0.15) is 6.61 Å². The molecule has 1 atom stereocenters. The quantitative estimate of drug-likeness (QED) is 0.719. The molecule has 0 amide bonds. The highest BCUT2D eigenvalue weighted by Crippen LogP contribution is 2.39. The van der Waals surface area contributed by atoms with Gasteiger partial charge in [0.05, 0.1) is 11.6 Å². The van der Waals surface area contributed by atoms with E-state index >= 15 is 0 Å². The van der Waals surface area contributed by atoms with Gasteiger partial charge in [-0.3, -0.25) is 0 Å². The van der Waals surface area contributed by atoms with Crippen LogP contribution in [0.5, 0.6) is 5.75 Å². The minimum Gasteiger partial charge on any atom is -0.484 e. The van der Waals surface area contributed by atoms with Gasteiger partial charge in [0.15, 0.2) is 11.6 Å². The van der Waals surface area contributed by atoms with Crippen LogP contribution < -0.4 is 26.0 Å². The first-order chi connectivity index (χ1) is 10.4. The standard InChI is InChI=1S/C14H24N6O2/c1-14(2,21-4)9-7-22-10-11(17-9)18-13(15)19-12(10)20-5-8(6-20)16-3/h8-9,16H,5-7H2,1-4H3,(H3,15,17,18,19)/t9-/m0/s1. The maximum Gasteiger partial charge on any atom is 0.224 e. The van der Waals surface area contributed by atoms with Crippen molar-refractivity contribution >= 4 is 17.6 Å². The van der Waals surface area contributed by atoms with Gasteiger partial charge in [-0.1, -0.05) is 0 Å². The summed E-state index contributed by atoms with van der Waals surface area (Å²) in [5, 5.41) is 6.62. The summed E-state index contributed by atoms with van der Waals surface area (Å²) >= 11 is 0. The Bertz CT molecular complexity index is 559. The third-order valence-electron chi connectivity index (χ3n) is 4.52. The number of anilines is 3. The van der Waals surface area contributed by atoms with Crippen molar-refractivity contribution in [3.8, 4) is 5.75 Å². The molecule has 0 radical (unpaired) electrons. The summed E-state index contributed by atoms with van der Waals surface area (Å²) in [6.07, 6.45) is 0. The summed E-state index contributed by atoms with van der Waals surface area (Å²) in [5.74, 6) is 2.31. The molecule has 4 N–H and O–H groups in total. The number of rotatable bonds is 4. The van der Waals surface area contributed by atoms with Crippen molar-refractivity contribution in [2.75, 3.05) is 49.8 Å². The van der Waals surface area contributed by atoms with E-state index in [0.29, 0.717) is 24.2 Å². The van der Waals surface area contributed by atoms with Crippen LogP contribution in [-0.4, -0.2) is 61.5 Å². The monoisotopic (exact) mass is 308 g/mol. The molecule has 8 heteroatoms. The zero-order valence-corrected chi connectivity index (χ0v) is 13.5. The van der Waals surface area contributed by atoms with Gasteiger partial charge in [-0.25, -0.2) is 0 Å². The van der Waals surface area contributed by atoms with Gasteiger partial charge in [0.25, 0.3) is 0 Å². The number of methoxy groups -OCH3 is 1. The molecule has 0 bridgehead atoms. The predicted molar refractivity (Wildman–Crippen MR) is 85.5 cm³/mol. The van der Waals surface area contributed by atoms with Gasteiger partial charge in [-0.15, -0.1) is 0 Å². The normalized spacial score (nSPS) is 21.6. The van der Waals surface area contributed by atoms with Crippen LogP contribution >= 0.6 is 0 Å². The molecule has 0 spiro atoms. The number of aromatic nitrogens is 2. The molecule has 3 heterocycles. The molecule has 0 saturated carbocycles. The van der Waals surface area contributed by atoms with E-state index in [1.165, 1.54) is 0 Å². The molecular formula is C14H24N6O2. The van der Waals surface area contributed by atoms with Crippen LogP contribution in [0.1, 0.15) is 13.8 Å². The summed E-state index contributed by atoms with van der Waals surface area (Å²) in [5.41, 5.74) is 5.49. The highest BCUT2D eigenvalue weighted by molar-refractivity contribution is 5.69. The van der Waals surface area contributed by atoms with E-state index in [4.69, 9.17) is 15.2 Å². The lowest BCUT2D eigenvalue weighted by Gasteiger charge is -2.42. The molecule has 22 heavy (non-hydrogen) atoms. The van der Waals surface area contributed by atoms with Gasteiger partial charge < -0.3 is 30.7 Å². The SMILES string of the molecule is CNC1CN(c2nc(N)nc3c2OC[C@@H](C(C)(C)OC)N3)C1. The summed E-state index contributed by atoms with van der Waals surface area (Å²) in [6, 6.07) is 0.470. The van der Waals surface area contributed by atoms with Crippen molar-refractivity contribution in [3.63, 3.8) is 0 Å². The molecule has 0 unspecified atom stereocenters. The minimum absolute atomic E-state index is 0.00593. The first-order valence-electron chi connectivity index (χ1n) is 7.49. The Morgan fingerprint density at radius 2 is 2.14 bits per heavy atom. The van der Waals surface area contributed by atoms with E-state index in [1.807, 2.05) is 20.9 Å². The molecule has 1 fully saturated rings. The second-order valence-corrected chi connectivity index (χ2v) is 6.29. The third kappa shape index (κ3) is 2.52. The smallest absolute Gasteiger partial charge is 0.224 e. The number of nitrogens with two attached hydrogens (primary N) is 1. The largest absolute Gasteiger partial charge is 0.484 e. The number of fused-ring (bicyclic) bond motifs is 1. The number of nitrogens with one attached hydrogen (secondary N) is 2. The van der Waals surface area contributed by atoms with E-state index in [9.17, 15) is 0 Å². The Morgan fingerprint density at radius 1 is 1.41 bits per heavy atom. The Kier molecular flexibility index (Phi) is 3.73. The lowest BCUT2D eigenvalue weighted by atomic mass is 9.98. The summed E-state index contributed by atoms with van der Waals surface area (Å²) < 4.78 is 11.5. The number of hydrogen-bond donors (Lipinski definition) is 3. The van der Waals surface area contributed by atoms with Crippen LogP contribution in [-0.2, 0) is 4.74 Å². The van der Waals surface area contributed by atoms with Gasteiger partial charge >= 0.3 is 0 Å². The molecule has 0 aromatic carbocycles. The van der Waals surface area contributed by atoms with E-state index in [0.717, 1.165) is 18.9 Å². The zero-order chi connectivity index (χ0) is 15.9. The van der Waals surface area contributed by atoms with E-state index < -0.39 is 0 Å². The Morgan fingerprint density at radius 3 is 2.77 bits per heavy atom. The predicted octanol–water partition coefficient (Wildman–Crippen LogP) is 0.0647. The summed E-state index contributed by atoms with van der Waals surface area (Å²) in [6.45, 7) is 6.29. The van der Waals surface area contributed by atoms with Crippen LogP contribution in [0.25, 0.3) is 0 Å². The molecule has 2 aliphatic heterocycles. The number of likely N-dealkylation sites (N-methyl/N-ethyl adjacent to an activating group) is 1. The first kappa shape index (κ1) is 15.1. The van der Waals surface area contributed by atoms with Gasteiger partial charge in [0.2, 0.25) is 11.7 Å². The molecule has 1 saturated heterocycles. The summed E-state index contributed by atoms with van der Waals surface area (Å²) in [7, 11) is 3.65. The van der Waals surface area contributed by atoms with Crippen molar-refractivity contribution in [2.24, 2.45) is 0 Å². The number of nitrogen functional groups attached to an aromatic ring is 1. The highest BCUT2D eigenvalue weighted by Gasteiger charge is 2.37. The molecule has 1 aromatic heterocycles. The number of hydrogen-bond acceptors (Lipinski definition) is 8. The van der Waals surface area contributed by atoms with E-state index in [-0.39, 0.29) is 17.6 Å². The van der Waals surface area contributed by atoms with Gasteiger partial charge in [-0.05, 0) is 20.9 Å². The van der Waals surface area contributed by atoms with Crippen LogP contribution in [0.2, 0.25) is 0 Å². The minimum atomic E-state index is -0.369. The average molecular weight is 308 g/mol. The van der Waals surface area contributed by atoms with Crippen molar-refractivity contribution in [2.45, 2.75) is 31.5 Å². The van der Waals surface area contributed by atoms with E-state index in [1.54, 1.807) is 7.11 Å². The van der Waals surface area contributed by atoms with Crippen molar-refractivity contribution < 1.29 is 9.47 Å². The fourth-order valence-electron chi connectivity index (χ4n) is 2.62. The first-order valence-corrected chi connectivity index (χ1v) is 7.49. The molecule has 0 aliphatic carbocycles. The van der Waals surface area contributed by atoms with Gasteiger partial charge in [-0.2, -0.15) is 9.97 Å². The fraction of sp³-hybridized carbons (Fsp3) is 0.714. The van der Waals surface area contributed by atoms with Crippen molar-refractivity contribution in [3.05, 3.63) is 0 Å². The molecule has 3 rings (SSSR count). The molecule has 8 nitrogen and oxygen atoms in total. The number of nitrogens with zero attached hydrogens (tertiary/aromatic N) is 3. The lowest BCUT2D eigenvalue weighted by molar-refractivity contribution is -0.00743. The fourth-order valence-corrected chi connectivity index (χ4v) is 2.62. The zero-order valence-electron chi connectivity index (χ0n) is 13.5. The van der Waals surface area contributed by atoms with Crippen molar-refractivity contribution in [1.82, 2.24) is 15.3 Å². The number of ether oxygens (including phenoxy) is 2. The van der Waals surface area contributed by atoms with E-state index in [2.05, 4.69) is 25.5 Å². The Balaban J connectivity index is 1.85. The maximum atomic E-state index is 5.95. The molecule has 2 aliphatic rings. The van der Waals surface area contributed by atoms with Crippen LogP contribution in [0.4, 0.5) is 17.6 Å². The average Bonchev–Trinajstić information content (AvgIpc) is 2.45. The van der Waals surface area contributed by atoms with Crippen LogP contribution in [0.15, 0.2) is 0 Å². The lowest BCUT2D eigenvalue weighted by Crippen LogP contribution is -2.57. The Labute approximate surface area is 130 Å². The van der Waals surface area contributed by atoms with Crippen LogP contribution in [0.3, 0.4) is 0 Å². The third-order valence-corrected chi connectivity index (χ3v) is 4.52. The molecule has 1 aromatic rings. The Hall–Kier alpha value is -1.80. The molecule has 122 valence electrons. The highest BCUT2D eigenvalue weighted by atomic mass is 16.5. The second-order valence-electron chi connectivity index (χ2n) is 6.29. The van der Waals surface area contributed by atoms with Crippen LogP contribution in [0, 0.1) is 0 Å². The molecular weight excluding hydrogens is 284 g/mol. The van der Waals surface area contributed by atoms with Crippen molar-refractivity contribution in [1.29, 1.82) is 0 Å². The maximum absolute atomic E-state index is 5.95. The summed E-state index contributed by atoms with van der Waals surface area (Å²) in [4.78, 5) is 10.8.